The third kappa shape index (κ3) is 2.62. The predicted molar refractivity (Wildman–Crippen MR) is 50.9 cm³/mol. The second-order valence-corrected chi connectivity index (χ2v) is 3.14. The summed E-state index contributed by atoms with van der Waals surface area (Å²) in [5.41, 5.74) is 7.98. The summed E-state index contributed by atoms with van der Waals surface area (Å²) in [5, 5.41) is 0. The van der Waals surface area contributed by atoms with Gasteiger partial charge in [-0.05, 0) is 25.5 Å². The Hall–Kier alpha value is -0.890. The van der Waals surface area contributed by atoms with Crippen LogP contribution in [0.25, 0.3) is 0 Å². The Kier molecular flexibility index (Phi) is 3.23. The fourth-order valence-corrected chi connectivity index (χ4v) is 1.13. The van der Waals surface area contributed by atoms with Gasteiger partial charge in [0, 0.05) is 23.9 Å². The second kappa shape index (κ2) is 4.21. The molecule has 2 N–H and O–H groups in total. The fourth-order valence-electron chi connectivity index (χ4n) is 1.13. The van der Waals surface area contributed by atoms with E-state index in [1.807, 2.05) is 25.1 Å². The van der Waals surface area contributed by atoms with Crippen LogP contribution in [0, 0.1) is 6.92 Å². The van der Waals surface area contributed by atoms with Crippen molar-refractivity contribution < 1.29 is 0 Å². The van der Waals surface area contributed by atoms with Gasteiger partial charge in [-0.15, -0.1) is 0 Å². The minimum atomic E-state index is 0.249. The molecule has 2 heteroatoms. The van der Waals surface area contributed by atoms with Gasteiger partial charge in [-0.2, -0.15) is 0 Å². The molecule has 2 nitrogen and oxygen atoms in total. The van der Waals surface area contributed by atoms with Crippen molar-refractivity contribution in [3.8, 4) is 0 Å². The minimum absolute atomic E-state index is 0.249. The Labute approximate surface area is 73.8 Å². The first-order valence-electron chi connectivity index (χ1n) is 4.40. The summed E-state index contributed by atoms with van der Waals surface area (Å²) >= 11 is 0. The fraction of sp³-hybridized carbons (Fsp3) is 0.500. The summed E-state index contributed by atoms with van der Waals surface area (Å²) in [4.78, 5) is 4.38. The van der Waals surface area contributed by atoms with Crippen LogP contribution in [0.4, 0.5) is 0 Å². The summed E-state index contributed by atoms with van der Waals surface area (Å²) in [6.07, 6.45) is 1.90. The van der Waals surface area contributed by atoms with E-state index in [1.54, 1.807) is 0 Å². The molecule has 0 aliphatic carbocycles. The van der Waals surface area contributed by atoms with Crippen molar-refractivity contribution in [3.05, 3.63) is 29.6 Å². The van der Waals surface area contributed by atoms with Crippen molar-refractivity contribution in [2.75, 3.05) is 0 Å². The number of aromatic nitrogens is 1. The standard InChI is InChI=1S/C10H16N2/c1-3-9(11)7-10-6-4-5-8(2)12-10/h4-6,9H,3,7,11H2,1-2H3. The third-order valence-electron chi connectivity index (χ3n) is 1.94. The smallest absolute Gasteiger partial charge is 0.0422 e. The maximum absolute atomic E-state index is 5.82. The highest BCUT2D eigenvalue weighted by molar-refractivity contribution is 5.10. The maximum Gasteiger partial charge on any atom is 0.0422 e. The summed E-state index contributed by atoms with van der Waals surface area (Å²) < 4.78 is 0. The molecular formula is C10H16N2. The number of aryl methyl sites for hydroxylation is 1. The van der Waals surface area contributed by atoms with Crippen LogP contribution in [-0.4, -0.2) is 11.0 Å². The molecule has 1 atom stereocenters. The van der Waals surface area contributed by atoms with E-state index in [0.29, 0.717) is 0 Å². The van der Waals surface area contributed by atoms with E-state index in [9.17, 15) is 0 Å². The predicted octanol–water partition coefficient (Wildman–Crippen LogP) is 1.67. The molecule has 0 aliphatic rings. The molecule has 12 heavy (non-hydrogen) atoms. The van der Waals surface area contributed by atoms with E-state index in [2.05, 4.69) is 11.9 Å². The highest BCUT2D eigenvalue weighted by atomic mass is 14.7. The molecule has 0 amide bonds. The van der Waals surface area contributed by atoms with Crippen molar-refractivity contribution in [3.63, 3.8) is 0 Å². The zero-order chi connectivity index (χ0) is 8.97. The molecule has 0 saturated carbocycles. The lowest BCUT2D eigenvalue weighted by Gasteiger charge is -2.07. The van der Waals surface area contributed by atoms with Gasteiger partial charge in [0.15, 0.2) is 0 Å². The average Bonchev–Trinajstić information content (AvgIpc) is 2.04. The molecular weight excluding hydrogens is 148 g/mol. The van der Waals surface area contributed by atoms with Crippen LogP contribution >= 0.6 is 0 Å². The molecule has 0 aromatic carbocycles. The normalized spacial score (nSPS) is 12.9. The highest BCUT2D eigenvalue weighted by Gasteiger charge is 2.01. The number of hydrogen-bond donors (Lipinski definition) is 1. The first-order valence-corrected chi connectivity index (χ1v) is 4.40. The summed E-state index contributed by atoms with van der Waals surface area (Å²) in [6, 6.07) is 6.31. The lowest BCUT2D eigenvalue weighted by molar-refractivity contribution is 0.636. The molecule has 0 spiro atoms. The molecule has 1 unspecified atom stereocenters. The second-order valence-electron chi connectivity index (χ2n) is 3.14. The summed E-state index contributed by atoms with van der Waals surface area (Å²) in [5.74, 6) is 0. The van der Waals surface area contributed by atoms with E-state index in [1.165, 1.54) is 0 Å². The van der Waals surface area contributed by atoms with Crippen LogP contribution in [0.15, 0.2) is 18.2 Å². The highest BCUT2D eigenvalue weighted by Crippen LogP contribution is 2.02. The maximum atomic E-state index is 5.82. The average molecular weight is 164 g/mol. The first-order chi connectivity index (χ1) is 5.72. The van der Waals surface area contributed by atoms with E-state index in [4.69, 9.17) is 5.73 Å². The van der Waals surface area contributed by atoms with Gasteiger partial charge >= 0.3 is 0 Å². The van der Waals surface area contributed by atoms with Gasteiger partial charge in [0.25, 0.3) is 0 Å². The van der Waals surface area contributed by atoms with Gasteiger partial charge in [-0.3, -0.25) is 4.98 Å². The number of hydrogen-bond acceptors (Lipinski definition) is 2. The van der Waals surface area contributed by atoms with E-state index in [0.717, 1.165) is 24.2 Å². The van der Waals surface area contributed by atoms with Gasteiger partial charge < -0.3 is 5.73 Å². The lowest BCUT2D eigenvalue weighted by atomic mass is 10.1. The van der Waals surface area contributed by atoms with Crippen molar-refractivity contribution in [2.45, 2.75) is 32.7 Å². The monoisotopic (exact) mass is 164 g/mol. The van der Waals surface area contributed by atoms with Crippen LogP contribution in [0.5, 0.6) is 0 Å². The molecule has 0 bridgehead atoms. The van der Waals surface area contributed by atoms with Crippen molar-refractivity contribution in [1.82, 2.24) is 4.98 Å². The van der Waals surface area contributed by atoms with Crippen molar-refractivity contribution in [1.29, 1.82) is 0 Å². The van der Waals surface area contributed by atoms with Crippen molar-refractivity contribution >= 4 is 0 Å². The number of rotatable bonds is 3. The Morgan fingerprint density at radius 3 is 2.83 bits per heavy atom. The quantitative estimate of drug-likeness (QED) is 0.738. The molecule has 0 saturated heterocycles. The van der Waals surface area contributed by atoms with E-state index in [-0.39, 0.29) is 6.04 Å². The molecule has 1 rings (SSSR count). The van der Waals surface area contributed by atoms with Crippen LogP contribution in [-0.2, 0) is 6.42 Å². The van der Waals surface area contributed by atoms with Crippen LogP contribution in [0.1, 0.15) is 24.7 Å². The molecule has 0 aliphatic heterocycles. The summed E-state index contributed by atoms with van der Waals surface area (Å²) in [7, 11) is 0. The van der Waals surface area contributed by atoms with Crippen LogP contribution < -0.4 is 5.73 Å². The van der Waals surface area contributed by atoms with E-state index >= 15 is 0 Å². The minimum Gasteiger partial charge on any atom is -0.327 e. The Bertz CT molecular complexity index is 245. The Balaban J connectivity index is 2.63. The molecule has 1 aromatic heterocycles. The van der Waals surface area contributed by atoms with Gasteiger partial charge in [-0.1, -0.05) is 13.0 Å². The Morgan fingerprint density at radius 2 is 2.25 bits per heavy atom. The third-order valence-corrected chi connectivity index (χ3v) is 1.94. The van der Waals surface area contributed by atoms with Gasteiger partial charge in [0.2, 0.25) is 0 Å². The largest absolute Gasteiger partial charge is 0.327 e. The zero-order valence-electron chi connectivity index (χ0n) is 7.75. The van der Waals surface area contributed by atoms with Crippen LogP contribution in [0.3, 0.4) is 0 Å². The zero-order valence-corrected chi connectivity index (χ0v) is 7.75. The molecule has 66 valence electrons. The molecule has 1 aromatic rings. The number of nitrogens with two attached hydrogens (primary N) is 1. The molecule has 0 radical (unpaired) electrons. The Morgan fingerprint density at radius 1 is 1.50 bits per heavy atom. The van der Waals surface area contributed by atoms with Gasteiger partial charge in [-0.25, -0.2) is 0 Å². The summed E-state index contributed by atoms with van der Waals surface area (Å²) in [6.45, 7) is 4.10. The van der Waals surface area contributed by atoms with Gasteiger partial charge in [0.1, 0.15) is 0 Å². The van der Waals surface area contributed by atoms with Gasteiger partial charge in [0.05, 0.1) is 0 Å². The topological polar surface area (TPSA) is 38.9 Å². The molecule has 0 fully saturated rings. The number of nitrogens with zero attached hydrogens (tertiary/aromatic N) is 1. The number of pyridine rings is 1. The lowest BCUT2D eigenvalue weighted by Crippen LogP contribution is -2.21. The SMILES string of the molecule is CCC(N)Cc1cccc(C)n1. The van der Waals surface area contributed by atoms with Crippen LogP contribution in [0.2, 0.25) is 0 Å². The van der Waals surface area contributed by atoms with E-state index < -0.39 is 0 Å². The molecule has 1 heterocycles. The van der Waals surface area contributed by atoms with Crippen molar-refractivity contribution in [2.24, 2.45) is 5.73 Å². The first kappa shape index (κ1) is 9.20.